The number of rotatable bonds is 4. The van der Waals surface area contributed by atoms with E-state index in [0.717, 1.165) is 0 Å². The Kier molecular flexibility index (Phi) is 4.75. The van der Waals surface area contributed by atoms with Gasteiger partial charge in [-0.15, -0.1) is 0 Å². The van der Waals surface area contributed by atoms with Crippen LogP contribution in [0.5, 0.6) is 0 Å². The van der Waals surface area contributed by atoms with Gasteiger partial charge in [-0.1, -0.05) is 41.9 Å². The Labute approximate surface area is 125 Å². The second kappa shape index (κ2) is 6.54. The van der Waals surface area contributed by atoms with E-state index < -0.39 is 18.5 Å². The first kappa shape index (κ1) is 15.3. The fourth-order valence-electron chi connectivity index (χ4n) is 1.68. The minimum atomic E-state index is -3.13. The Bertz CT molecular complexity index is 603. The number of hydrogen-bond acceptors (Lipinski definition) is 1. The van der Waals surface area contributed by atoms with Gasteiger partial charge in [-0.2, -0.15) is 8.78 Å². The van der Waals surface area contributed by atoms with Gasteiger partial charge in [0.2, 0.25) is 0 Å². The maximum Gasteiger partial charge on any atom is 0.319 e. The first-order chi connectivity index (χ1) is 9.97. The normalized spacial score (nSPS) is 11.0. The van der Waals surface area contributed by atoms with Crippen molar-refractivity contribution in [1.29, 1.82) is 0 Å². The maximum atomic E-state index is 13.8. The van der Waals surface area contributed by atoms with Gasteiger partial charge in [0.1, 0.15) is 0 Å². The first-order valence-corrected chi connectivity index (χ1v) is 6.59. The van der Waals surface area contributed by atoms with Gasteiger partial charge in [-0.3, -0.25) is 0 Å². The Balaban J connectivity index is 1.90. The molecule has 0 heterocycles. The molecule has 0 spiro atoms. The number of amides is 2. The third-order valence-corrected chi connectivity index (χ3v) is 3.02. The van der Waals surface area contributed by atoms with Crippen molar-refractivity contribution in [3.05, 3.63) is 65.2 Å². The summed E-state index contributed by atoms with van der Waals surface area (Å²) in [7, 11) is 0. The fourth-order valence-corrected chi connectivity index (χ4v) is 1.81. The maximum absolute atomic E-state index is 13.8. The van der Waals surface area contributed by atoms with E-state index in [2.05, 4.69) is 10.6 Å². The largest absolute Gasteiger partial charge is 0.331 e. The van der Waals surface area contributed by atoms with Crippen LogP contribution < -0.4 is 10.6 Å². The van der Waals surface area contributed by atoms with Crippen LogP contribution in [0.1, 0.15) is 5.56 Å². The first-order valence-electron chi connectivity index (χ1n) is 6.21. The standard InChI is InChI=1S/C15H13ClF2N2O/c16-12-6-8-13(9-7-12)20-14(21)19-10-15(17,18)11-4-2-1-3-5-11/h1-9H,10H2,(H2,19,20,21). The lowest BCUT2D eigenvalue weighted by Gasteiger charge is -2.17. The molecule has 3 nitrogen and oxygen atoms in total. The van der Waals surface area contributed by atoms with E-state index in [4.69, 9.17) is 11.6 Å². The Morgan fingerprint density at radius 2 is 1.67 bits per heavy atom. The van der Waals surface area contributed by atoms with Gasteiger partial charge in [0.05, 0.1) is 6.54 Å². The molecule has 0 bridgehead atoms. The highest BCUT2D eigenvalue weighted by atomic mass is 35.5. The van der Waals surface area contributed by atoms with E-state index in [1.54, 1.807) is 30.3 Å². The van der Waals surface area contributed by atoms with E-state index in [1.165, 1.54) is 24.3 Å². The van der Waals surface area contributed by atoms with Crippen LogP contribution in [0.25, 0.3) is 0 Å². The molecule has 110 valence electrons. The molecule has 2 aromatic rings. The average Bonchev–Trinajstić information content (AvgIpc) is 2.49. The summed E-state index contributed by atoms with van der Waals surface area (Å²) in [5.41, 5.74) is 0.330. The number of urea groups is 1. The van der Waals surface area contributed by atoms with Gasteiger partial charge in [0, 0.05) is 16.3 Å². The molecule has 6 heteroatoms. The van der Waals surface area contributed by atoms with E-state index in [-0.39, 0.29) is 5.56 Å². The van der Waals surface area contributed by atoms with Crippen LogP contribution in [-0.2, 0) is 5.92 Å². The molecule has 2 N–H and O–H groups in total. The fraction of sp³-hybridized carbons (Fsp3) is 0.133. The highest BCUT2D eigenvalue weighted by Gasteiger charge is 2.31. The van der Waals surface area contributed by atoms with Crippen molar-refractivity contribution in [2.75, 3.05) is 11.9 Å². The van der Waals surface area contributed by atoms with Gasteiger partial charge in [0.15, 0.2) is 0 Å². The van der Waals surface area contributed by atoms with Gasteiger partial charge in [0.25, 0.3) is 5.92 Å². The molecule has 0 unspecified atom stereocenters. The van der Waals surface area contributed by atoms with Crippen molar-refractivity contribution in [2.24, 2.45) is 0 Å². The lowest BCUT2D eigenvalue weighted by Crippen LogP contribution is -2.37. The summed E-state index contributed by atoms with van der Waals surface area (Å²) in [6.07, 6.45) is 0. The summed E-state index contributed by atoms with van der Waals surface area (Å²) in [5.74, 6) is -3.13. The van der Waals surface area contributed by atoms with Crippen molar-refractivity contribution >= 4 is 23.3 Å². The zero-order valence-corrected chi connectivity index (χ0v) is 11.7. The second-order valence-corrected chi connectivity index (χ2v) is 4.82. The predicted molar refractivity (Wildman–Crippen MR) is 78.8 cm³/mol. The second-order valence-electron chi connectivity index (χ2n) is 4.39. The zero-order valence-electron chi connectivity index (χ0n) is 10.9. The van der Waals surface area contributed by atoms with Crippen LogP contribution in [0.3, 0.4) is 0 Å². The summed E-state index contributed by atoms with van der Waals surface area (Å²) < 4.78 is 27.7. The molecule has 0 aromatic heterocycles. The number of nitrogens with one attached hydrogen (secondary N) is 2. The smallest absolute Gasteiger partial charge is 0.319 e. The van der Waals surface area contributed by atoms with Crippen LogP contribution in [0, 0.1) is 0 Å². The number of halogens is 3. The predicted octanol–water partition coefficient (Wildman–Crippen LogP) is 4.25. The third-order valence-electron chi connectivity index (χ3n) is 2.77. The summed E-state index contributed by atoms with van der Waals surface area (Å²) in [4.78, 5) is 11.6. The number of carbonyl (C=O) groups is 1. The minimum Gasteiger partial charge on any atom is -0.331 e. The molecule has 2 rings (SSSR count). The third kappa shape index (κ3) is 4.43. The molecule has 2 aromatic carbocycles. The van der Waals surface area contributed by atoms with Crippen molar-refractivity contribution < 1.29 is 13.6 Å². The van der Waals surface area contributed by atoms with Crippen LogP contribution in [0.2, 0.25) is 5.02 Å². The molecule has 21 heavy (non-hydrogen) atoms. The average molecular weight is 311 g/mol. The molecule has 0 atom stereocenters. The molecule has 2 amide bonds. The Morgan fingerprint density at radius 3 is 2.29 bits per heavy atom. The number of hydrogen-bond donors (Lipinski definition) is 2. The molecular weight excluding hydrogens is 298 g/mol. The van der Waals surface area contributed by atoms with Gasteiger partial charge in [-0.25, -0.2) is 4.79 Å². The van der Waals surface area contributed by atoms with Crippen LogP contribution in [0.4, 0.5) is 19.3 Å². The minimum absolute atomic E-state index is 0.142. The summed E-state index contributed by atoms with van der Waals surface area (Å²) >= 11 is 5.71. The summed E-state index contributed by atoms with van der Waals surface area (Å²) in [6, 6.07) is 13.0. The molecule has 0 saturated carbocycles. The zero-order chi connectivity index (χ0) is 15.3. The van der Waals surface area contributed by atoms with E-state index in [0.29, 0.717) is 10.7 Å². The Hall–Kier alpha value is -2.14. The Morgan fingerprint density at radius 1 is 1.05 bits per heavy atom. The number of benzene rings is 2. The highest BCUT2D eigenvalue weighted by Crippen LogP contribution is 2.26. The monoisotopic (exact) mass is 310 g/mol. The molecule has 0 aliphatic carbocycles. The lowest BCUT2D eigenvalue weighted by atomic mass is 10.1. The van der Waals surface area contributed by atoms with Gasteiger partial charge in [-0.05, 0) is 24.3 Å². The molecule has 0 saturated heterocycles. The SMILES string of the molecule is O=C(NCC(F)(F)c1ccccc1)Nc1ccc(Cl)cc1. The topological polar surface area (TPSA) is 41.1 Å². The van der Waals surface area contributed by atoms with E-state index >= 15 is 0 Å². The molecule has 0 radical (unpaired) electrons. The molecular formula is C15H13ClF2N2O. The lowest BCUT2D eigenvalue weighted by molar-refractivity contribution is -0.0000811. The van der Waals surface area contributed by atoms with Gasteiger partial charge < -0.3 is 10.6 Å². The number of anilines is 1. The molecule has 0 aliphatic rings. The highest BCUT2D eigenvalue weighted by molar-refractivity contribution is 6.30. The van der Waals surface area contributed by atoms with Crippen LogP contribution in [-0.4, -0.2) is 12.6 Å². The van der Waals surface area contributed by atoms with Crippen LogP contribution >= 0.6 is 11.6 Å². The number of alkyl halides is 2. The van der Waals surface area contributed by atoms with Crippen molar-refractivity contribution in [1.82, 2.24) is 5.32 Å². The summed E-state index contributed by atoms with van der Waals surface area (Å²) in [5, 5.41) is 5.13. The van der Waals surface area contributed by atoms with Crippen LogP contribution in [0.15, 0.2) is 54.6 Å². The van der Waals surface area contributed by atoms with E-state index in [1.807, 2.05) is 0 Å². The van der Waals surface area contributed by atoms with Crippen molar-refractivity contribution in [3.63, 3.8) is 0 Å². The van der Waals surface area contributed by atoms with Crippen molar-refractivity contribution in [2.45, 2.75) is 5.92 Å². The van der Waals surface area contributed by atoms with Crippen molar-refractivity contribution in [3.8, 4) is 0 Å². The quantitative estimate of drug-likeness (QED) is 0.870. The number of carbonyl (C=O) groups excluding carboxylic acids is 1. The molecule has 0 fully saturated rings. The van der Waals surface area contributed by atoms with Gasteiger partial charge >= 0.3 is 6.03 Å². The van der Waals surface area contributed by atoms with E-state index in [9.17, 15) is 13.6 Å². The summed E-state index contributed by atoms with van der Waals surface area (Å²) in [6.45, 7) is -0.781. The molecule has 0 aliphatic heterocycles.